The Kier molecular flexibility index (Phi) is 4.78. The molecule has 0 aliphatic heterocycles. The molecule has 1 N–H and O–H groups in total. The first-order valence-electron chi connectivity index (χ1n) is 6.46. The Morgan fingerprint density at radius 2 is 1.83 bits per heavy atom. The number of hydrogen-bond donors (Lipinski definition) is 1. The summed E-state index contributed by atoms with van der Waals surface area (Å²) in [4.78, 5) is 16.8. The van der Waals surface area contributed by atoms with Gasteiger partial charge in [0.1, 0.15) is 0 Å². The van der Waals surface area contributed by atoms with Gasteiger partial charge in [-0.2, -0.15) is 0 Å². The number of hydrogen-bond acceptors (Lipinski definition) is 2. The molecule has 1 amide bonds. The topological polar surface area (TPSA) is 42.0 Å². The van der Waals surface area contributed by atoms with E-state index >= 15 is 0 Å². The monoisotopic (exact) mass is 428 g/mol. The largest absolute Gasteiger partial charge is 0.319 e. The zero-order chi connectivity index (χ0) is 16.6. The molecule has 2 aromatic carbocycles. The number of benzene rings is 2. The van der Waals surface area contributed by atoms with Gasteiger partial charge >= 0.3 is 0 Å². The molecule has 0 unspecified atom stereocenters. The van der Waals surface area contributed by atoms with Gasteiger partial charge in [0.25, 0.3) is 5.91 Å². The van der Waals surface area contributed by atoms with Crippen molar-refractivity contribution in [3.8, 4) is 0 Å². The number of fused-ring (bicyclic) bond motifs is 1. The van der Waals surface area contributed by atoms with Crippen molar-refractivity contribution in [3.05, 3.63) is 67.7 Å². The first-order chi connectivity index (χ1) is 11.0. The lowest BCUT2D eigenvalue weighted by atomic mass is 10.1. The van der Waals surface area contributed by atoms with Crippen molar-refractivity contribution in [3.63, 3.8) is 0 Å². The highest BCUT2D eigenvalue weighted by Crippen LogP contribution is 2.35. The molecule has 116 valence electrons. The quantitative estimate of drug-likeness (QED) is 0.525. The first-order valence-corrected chi connectivity index (χ1v) is 8.39. The lowest BCUT2D eigenvalue weighted by Crippen LogP contribution is -2.13. The standard InChI is InChI=1S/C16H8BrCl3N2O/c17-8-3-4-11(18)10(6-8)16(23)22-15-13(20)7-12(19)9-2-1-5-21-14(9)15/h1-7H,(H,22,23). The van der Waals surface area contributed by atoms with E-state index in [9.17, 15) is 4.79 Å². The number of carbonyl (C=O) groups is 1. The van der Waals surface area contributed by atoms with Crippen molar-refractivity contribution in [1.29, 1.82) is 0 Å². The molecular weight excluding hydrogens is 422 g/mol. The molecule has 1 heterocycles. The molecule has 0 radical (unpaired) electrons. The number of rotatable bonds is 2. The third-order valence-corrected chi connectivity index (χ3v) is 4.64. The second-order valence-corrected chi connectivity index (χ2v) is 6.83. The zero-order valence-corrected chi connectivity index (χ0v) is 15.3. The highest BCUT2D eigenvalue weighted by atomic mass is 79.9. The van der Waals surface area contributed by atoms with Crippen LogP contribution >= 0.6 is 50.7 Å². The number of carbonyl (C=O) groups excluding carboxylic acids is 1. The fourth-order valence-electron chi connectivity index (χ4n) is 2.14. The molecule has 0 saturated heterocycles. The molecule has 3 aromatic rings. The van der Waals surface area contributed by atoms with Gasteiger partial charge in [-0.1, -0.05) is 50.7 Å². The number of pyridine rings is 1. The van der Waals surface area contributed by atoms with Crippen LogP contribution < -0.4 is 5.32 Å². The highest BCUT2D eigenvalue weighted by molar-refractivity contribution is 9.10. The van der Waals surface area contributed by atoms with Crippen LogP contribution in [-0.2, 0) is 0 Å². The predicted molar refractivity (Wildman–Crippen MR) is 98.9 cm³/mol. The minimum Gasteiger partial charge on any atom is -0.319 e. The van der Waals surface area contributed by atoms with E-state index in [0.29, 0.717) is 37.2 Å². The fraction of sp³-hybridized carbons (Fsp3) is 0. The minimum absolute atomic E-state index is 0.306. The molecule has 23 heavy (non-hydrogen) atoms. The Morgan fingerprint density at radius 3 is 2.61 bits per heavy atom. The summed E-state index contributed by atoms with van der Waals surface area (Å²) in [5.41, 5.74) is 1.24. The normalized spacial score (nSPS) is 10.8. The molecular formula is C16H8BrCl3N2O. The third kappa shape index (κ3) is 3.31. The molecule has 0 bridgehead atoms. The van der Waals surface area contributed by atoms with Crippen LogP contribution in [0.3, 0.4) is 0 Å². The molecule has 0 aliphatic rings. The summed E-state index contributed by atoms with van der Waals surface area (Å²) < 4.78 is 0.747. The van der Waals surface area contributed by atoms with E-state index in [1.54, 1.807) is 36.5 Å². The van der Waals surface area contributed by atoms with Crippen molar-refractivity contribution >= 4 is 73.2 Å². The SMILES string of the molecule is O=C(Nc1c(Cl)cc(Cl)c2cccnc12)c1cc(Br)ccc1Cl. The number of anilines is 1. The van der Waals surface area contributed by atoms with E-state index in [4.69, 9.17) is 34.8 Å². The number of nitrogens with one attached hydrogen (secondary N) is 1. The average Bonchev–Trinajstić information content (AvgIpc) is 2.53. The Morgan fingerprint density at radius 1 is 1.04 bits per heavy atom. The van der Waals surface area contributed by atoms with Gasteiger partial charge in [-0.15, -0.1) is 0 Å². The minimum atomic E-state index is -0.382. The van der Waals surface area contributed by atoms with Gasteiger partial charge in [0, 0.05) is 16.1 Å². The lowest BCUT2D eigenvalue weighted by molar-refractivity contribution is 0.102. The van der Waals surface area contributed by atoms with E-state index in [1.165, 1.54) is 0 Å². The molecule has 0 saturated carbocycles. The van der Waals surface area contributed by atoms with E-state index in [-0.39, 0.29) is 5.91 Å². The number of aromatic nitrogens is 1. The molecule has 3 rings (SSSR count). The smallest absolute Gasteiger partial charge is 0.257 e. The molecule has 1 aromatic heterocycles. The molecule has 3 nitrogen and oxygen atoms in total. The number of halogens is 4. The van der Waals surface area contributed by atoms with Crippen molar-refractivity contribution in [1.82, 2.24) is 4.98 Å². The average molecular weight is 431 g/mol. The molecule has 0 fully saturated rings. The Labute approximate surface area is 155 Å². The van der Waals surface area contributed by atoms with Crippen LogP contribution in [0, 0.1) is 0 Å². The second kappa shape index (κ2) is 6.65. The summed E-state index contributed by atoms with van der Waals surface area (Å²) >= 11 is 21.8. The van der Waals surface area contributed by atoms with Crippen molar-refractivity contribution in [2.75, 3.05) is 5.32 Å². The van der Waals surface area contributed by atoms with Crippen LogP contribution in [-0.4, -0.2) is 10.9 Å². The van der Waals surface area contributed by atoms with Gasteiger partial charge in [0.2, 0.25) is 0 Å². The van der Waals surface area contributed by atoms with Crippen molar-refractivity contribution < 1.29 is 4.79 Å². The van der Waals surface area contributed by atoms with Gasteiger partial charge in [0.15, 0.2) is 0 Å². The van der Waals surface area contributed by atoms with Crippen LogP contribution in [0.15, 0.2) is 47.1 Å². The summed E-state index contributed by atoms with van der Waals surface area (Å²) in [6, 6.07) is 10.2. The third-order valence-electron chi connectivity index (χ3n) is 3.21. The van der Waals surface area contributed by atoms with Crippen LogP contribution in [0.2, 0.25) is 15.1 Å². The summed E-state index contributed by atoms with van der Waals surface area (Å²) in [5.74, 6) is -0.382. The van der Waals surface area contributed by atoms with Gasteiger partial charge in [-0.25, -0.2) is 0 Å². The van der Waals surface area contributed by atoms with E-state index < -0.39 is 0 Å². The number of nitrogens with zero attached hydrogens (tertiary/aromatic N) is 1. The van der Waals surface area contributed by atoms with Crippen LogP contribution in [0.1, 0.15) is 10.4 Å². The fourth-order valence-corrected chi connectivity index (χ4v) is 3.27. The second-order valence-electron chi connectivity index (χ2n) is 4.69. The van der Waals surface area contributed by atoms with Crippen molar-refractivity contribution in [2.45, 2.75) is 0 Å². The summed E-state index contributed by atoms with van der Waals surface area (Å²) in [6.45, 7) is 0. The van der Waals surface area contributed by atoms with Gasteiger partial charge < -0.3 is 5.32 Å². The van der Waals surface area contributed by atoms with Crippen LogP contribution in [0.5, 0.6) is 0 Å². The molecule has 0 aliphatic carbocycles. The summed E-state index contributed by atoms with van der Waals surface area (Å²) in [7, 11) is 0. The van der Waals surface area contributed by atoms with Gasteiger partial charge in [-0.05, 0) is 36.4 Å². The Balaban J connectivity index is 2.08. The predicted octanol–water partition coefficient (Wildman–Crippen LogP) is 6.21. The first kappa shape index (κ1) is 16.5. The maximum atomic E-state index is 12.5. The molecule has 7 heteroatoms. The maximum Gasteiger partial charge on any atom is 0.257 e. The Bertz CT molecular complexity index is 931. The van der Waals surface area contributed by atoms with E-state index in [0.717, 1.165) is 4.47 Å². The van der Waals surface area contributed by atoms with E-state index in [2.05, 4.69) is 26.2 Å². The van der Waals surface area contributed by atoms with Gasteiger partial charge in [0.05, 0.1) is 31.8 Å². The maximum absolute atomic E-state index is 12.5. The van der Waals surface area contributed by atoms with Gasteiger partial charge in [-0.3, -0.25) is 9.78 Å². The molecule has 0 atom stereocenters. The van der Waals surface area contributed by atoms with Crippen molar-refractivity contribution in [2.24, 2.45) is 0 Å². The summed E-state index contributed by atoms with van der Waals surface area (Å²) in [5, 5.41) is 4.59. The summed E-state index contributed by atoms with van der Waals surface area (Å²) in [6.07, 6.45) is 1.61. The molecule has 0 spiro atoms. The highest BCUT2D eigenvalue weighted by Gasteiger charge is 2.16. The van der Waals surface area contributed by atoms with E-state index in [1.807, 2.05) is 6.07 Å². The lowest BCUT2D eigenvalue weighted by Gasteiger charge is -2.12. The number of amides is 1. The van der Waals surface area contributed by atoms with Crippen LogP contribution in [0.25, 0.3) is 10.9 Å². The van der Waals surface area contributed by atoms with Crippen LogP contribution in [0.4, 0.5) is 5.69 Å². The zero-order valence-electron chi connectivity index (χ0n) is 11.4. The Hall–Kier alpha value is -1.33.